The maximum atomic E-state index is 14.1. The summed E-state index contributed by atoms with van der Waals surface area (Å²) in [7, 11) is 0. The molecule has 25 heavy (non-hydrogen) atoms. The van der Waals surface area contributed by atoms with Gasteiger partial charge in [-0.2, -0.15) is 0 Å². The molecule has 1 aromatic rings. The molecule has 1 saturated heterocycles. The Hall–Kier alpha value is -2.25. The van der Waals surface area contributed by atoms with E-state index in [0.29, 0.717) is 31.4 Å². The zero-order valence-electron chi connectivity index (χ0n) is 13.7. The number of carbonyl (C=O) groups excluding carboxylic acids is 1. The summed E-state index contributed by atoms with van der Waals surface area (Å²) in [5.74, 6) is -5.63. The van der Waals surface area contributed by atoms with Crippen molar-refractivity contribution in [1.29, 1.82) is 0 Å². The molecule has 0 aromatic heterocycles. The Morgan fingerprint density at radius 2 is 1.96 bits per heavy atom. The van der Waals surface area contributed by atoms with Crippen LogP contribution in [-0.4, -0.2) is 35.1 Å². The van der Waals surface area contributed by atoms with Gasteiger partial charge in [-0.05, 0) is 36.8 Å². The van der Waals surface area contributed by atoms with Gasteiger partial charge in [0.15, 0.2) is 17.5 Å². The lowest BCUT2D eigenvalue weighted by molar-refractivity contribution is -0.143. The van der Waals surface area contributed by atoms with Crippen LogP contribution in [-0.2, 0) is 11.2 Å². The number of aliphatic carboxylic acids is 1. The van der Waals surface area contributed by atoms with Gasteiger partial charge in [-0.15, -0.1) is 0 Å². The summed E-state index contributed by atoms with van der Waals surface area (Å²) in [5.41, 5.74) is 0.323. The number of carboxylic acids is 1. The van der Waals surface area contributed by atoms with E-state index in [4.69, 9.17) is 0 Å². The standard InChI is InChI=1S/C17H19F3N2O3/c1-8-4-10(16(23)24)7-22(6-8)17(25)21-12-3-2-9-5-11(18)14(19)15(20)13(9)12/h5,8,10,12H,2-4,6-7H2,1H3,(H,21,25)(H,23,24). The normalized spacial score (nSPS) is 25.6. The van der Waals surface area contributed by atoms with Crippen LogP contribution in [0.1, 0.15) is 36.9 Å². The largest absolute Gasteiger partial charge is 0.481 e. The molecule has 2 aliphatic rings. The van der Waals surface area contributed by atoms with E-state index in [1.165, 1.54) is 4.90 Å². The number of piperidine rings is 1. The van der Waals surface area contributed by atoms with Crippen LogP contribution in [0.5, 0.6) is 0 Å². The molecule has 0 radical (unpaired) electrons. The van der Waals surface area contributed by atoms with Crippen molar-refractivity contribution in [2.75, 3.05) is 13.1 Å². The van der Waals surface area contributed by atoms with Crippen LogP contribution in [0.3, 0.4) is 0 Å². The fourth-order valence-electron chi connectivity index (χ4n) is 3.77. The van der Waals surface area contributed by atoms with Crippen molar-refractivity contribution in [3.05, 3.63) is 34.6 Å². The fraction of sp³-hybridized carbons (Fsp3) is 0.529. The molecule has 3 unspecified atom stereocenters. The molecule has 1 heterocycles. The summed E-state index contributed by atoms with van der Waals surface area (Å²) >= 11 is 0. The van der Waals surface area contributed by atoms with Gasteiger partial charge >= 0.3 is 12.0 Å². The van der Waals surface area contributed by atoms with Gasteiger partial charge in [0.1, 0.15) is 0 Å². The number of benzene rings is 1. The predicted molar refractivity (Wildman–Crippen MR) is 82.4 cm³/mol. The Kier molecular flexibility index (Phi) is 4.62. The number of halogens is 3. The molecular weight excluding hydrogens is 337 g/mol. The number of hydrogen-bond donors (Lipinski definition) is 2. The number of nitrogens with zero attached hydrogens (tertiary/aromatic N) is 1. The molecule has 3 rings (SSSR count). The highest BCUT2D eigenvalue weighted by molar-refractivity contribution is 5.77. The van der Waals surface area contributed by atoms with Crippen molar-refractivity contribution in [2.45, 2.75) is 32.2 Å². The van der Waals surface area contributed by atoms with E-state index >= 15 is 0 Å². The number of carbonyl (C=O) groups is 2. The van der Waals surface area contributed by atoms with E-state index in [1.54, 1.807) is 0 Å². The molecular formula is C17H19F3N2O3. The highest BCUT2D eigenvalue weighted by Gasteiger charge is 2.35. The maximum Gasteiger partial charge on any atom is 0.317 e. The second kappa shape index (κ2) is 6.57. The number of rotatable bonds is 2. The molecule has 0 bridgehead atoms. The molecule has 0 spiro atoms. The van der Waals surface area contributed by atoms with Crippen LogP contribution >= 0.6 is 0 Å². The number of likely N-dealkylation sites (tertiary alicyclic amines) is 1. The average molecular weight is 356 g/mol. The molecule has 5 nitrogen and oxygen atoms in total. The van der Waals surface area contributed by atoms with Crippen molar-refractivity contribution < 1.29 is 27.9 Å². The number of hydrogen-bond acceptors (Lipinski definition) is 2. The van der Waals surface area contributed by atoms with Gasteiger partial charge in [0.2, 0.25) is 0 Å². The third-order valence-electron chi connectivity index (χ3n) is 4.93. The molecule has 3 atom stereocenters. The van der Waals surface area contributed by atoms with Gasteiger partial charge in [-0.1, -0.05) is 6.92 Å². The van der Waals surface area contributed by atoms with Crippen LogP contribution in [0.25, 0.3) is 0 Å². The van der Waals surface area contributed by atoms with Gasteiger partial charge in [-0.3, -0.25) is 4.79 Å². The molecule has 2 amide bonds. The Bertz CT molecular complexity index is 726. The third-order valence-corrected chi connectivity index (χ3v) is 4.93. The van der Waals surface area contributed by atoms with E-state index in [2.05, 4.69) is 5.32 Å². The van der Waals surface area contributed by atoms with Gasteiger partial charge in [0, 0.05) is 18.7 Å². The second-order valence-corrected chi connectivity index (χ2v) is 6.88. The molecule has 1 aromatic carbocycles. The van der Waals surface area contributed by atoms with E-state index in [-0.39, 0.29) is 18.0 Å². The Labute approximate surface area is 142 Å². The maximum absolute atomic E-state index is 14.1. The van der Waals surface area contributed by atoms with Crippen molar-refractivity contribution >= 4 is 12.0 Å². The average Bonchev–Trinajstić information content (AvgIpc) is 2.94. The summed E-state index contributed by atoms with van der Waals surface area (Å²) in [5, 5.41) is 11.8. The summed E-state index contributed by atoms with van der Waals surface area (Å²) < 4.78 is 40.9. The van der Waals surface area contributed by atoms with Crippen LogP contribution in [0.4, 0.5) is 18.0 Å². The lowest BCUT2D eigenvalue weighted by Crippen LogP contribution is -2.50. The van der Waals surface area contributed by atoms with Gasteiger partial charge in [0.25, 0.3) is 0 Å². The number of urea groups is 1. The van der Waals surface area contributed by atoms with Gasteiger partial charge in [-0.25, -0.2) is 18.0 Å². The van der Waals surface area contributed by atoms with Crippen molar-refractivity contribution in [3.63, 3.8) is 0 Å². The van der Waals surface area contributed by atoms with E-state index in [9.17, 15) is 27.9 Å². The number of nitrogens with one attached hydrogen (secondary N) is 1. The van der Waals surface area contributed by atoms with Crippen LogP contribution < -0.4 is 5.32 Å². The quantitative estimate of drug-likeness (QED) is 0.801. The minimum Gasteiger partial charge on any atom is -0.481 e. The van der Waals surface area contributed by atoms with E-state index in [0.717, 1.165) is 6.07 Å². The lowest BCUT2D eigenvalue weighted by atomic mass is 9.91. The summed E-state index contributed by atoms with van der Waals surface area (Å²) in [6.45, 7) is 2.33. The van der Waals surface area contributed by atoms with E-state index < -0.39 is 41.4 Å². The first-order chi connectivity index (χ1) is 11.8. The smallest absolute Gasteiger partial charge is 0.317 e. The Morgan fingerprint density at radius 1 is 1.24 bits per heavy atom. The molecule has 136 valence electrons. The number of fused-ring (bicyclic) bond motifs is 1. The summed E-state index contributed by atoms with van der Waals surface area (Å²) in [4.78, 5) is 25.1. The highest BCUT2D eigenvalue weighted by Crippen LogP contribution is 2.35. The zero-order valence-corrected chi connectivity index (χ0v) is 13.7. The predicted octanol–water partition coefficient (Wildman–Crippen LogP) is 2.84. The van der Waals surface area contributed by atoms with Gasteiger partial charge < -0.3 is 15.3 Å². The number of amides is 2. The first-order valence-electron chi connectivity index (χ1n) is 8.22. The minimum atomic E-state index is -1.54. The van der Waals surface area contributed by atoms with Crippen LogP contribution in [0.15, 0.2) is 6.07 Å². The highest BCUT2D eigenvalue weighted by atomic mass is 19.2. The number of carboxylic acid groups (broad SMARTS) is 1. The van der Waals surface area contributed by atoms with E-state index in [1.807, 2.05) is 6.92 Å². The fourth-order valence-corrected chi connectivity index (χ4v) is 3.77. The minimum absolute atomic E-state index is 0.0212. The molecule has 1 fully saturated rings. The summed E-state index contributed by atoms with van der Waals surface area (Å²) in [6.07, 6.45) is 1.17. The van der Waals surface area contributed by atoms with Crippen molar-refractivity contribution in [1.82, 2.24) is 10.2 Å². The Balaban J connectivity index is 1.75. The second-order valence-electron chi connectivity index (χ2n) is 6.88. The molecule has 8 heteroatoms. The third kappa shape index (κ3) is 3.29. The molecule has 0 saturated carbocycles. The molecule has 2 N–H and O–H groups in total. The molecule has 1 aliphatic heterocycles. The monoisotopic (exact) mass is 356 g/mol. The zero-order chi connectivity index (χ0) is 18.3. The number of aryl methyl sites for hydroxylation is 1. The SMILES string of the molecule is CC1CC(C(=O)O)CN(C(=O)NC2CCc3cc(F)c(F)c(F)c32)C1. The van der Waals surface area contributed by atoms with Gasteiger partial charge in [0.05, 0.1) is 12.0 Å². The first kappa shape index (κ1) is 17.6. The van der Waals surface area contributed by atoms with Crippen molar-refractivity contribution in [3.8, 4) is 0 Å². The first-order valence-corrected chi connectivity index (χ1v) is 8.22. The van der Waals surface area contributed by atoms with Crippen LogP contribution in [0, 0.1) is 29.3 Å². The Morgan fingerprint density at radius 3 is 2.64 bits per heavy atom. The topological polar surface area (TPSA) is 69.6 Å². The van der Waals surface area contributed by atoms with Crippen molar-refractivity contribution in [2.24, 2.45) is 11.8 Å². The van der Waals surface area contributed by atoms with Crippen LogP contribution in [0.2, 0.25) is 0 Å². The molecule has 1 aliphatic carbocycles. The summed E-state index contributed by atoms with van der Waals surface area (Å²) in [6, 6.07) is -0.304. The lowest BCUT2D eigenvalue weighted by Gasteiger charge is -2.35.